The summed E-state index contributed by atoms with van der Waals surface area (Å²) in [5.41, 5.74) is 2.97. The molecule has 5 nitrogen and oxygen atoms in total. The van der Waals surface area contributed by atoms with Crippen LogP contribution in [-0.4, -0.2) is 62.9 Å². The van der Waals surface area contributed by atoms with Gasteiger partial charge in [0.05, 0.1) is 19.8 Å². The van der Waals surface area contributed by atoms with Crippen LogP contribution in [-0.2, 0) is 9.47 Å². The lowest BCUT2D eigenvalue weighted by atomic mass is 9.96. The Labute approximate surface area is 166 Å². The molecule has 2 atom stereocenters. The molecule has 2 unspecified atom stereocenters. The van der Waals surface area contributed by atoms with Crippen LogP contribution in [0.5, 0.6) is 0 Å². The molecule has 0 saturated carbocycles. The molecule has 2 aliphatic rings. The predicted molar refractivity (Wildman–Crippen MR) is 109 cm³/mol. The van der Waals surface area contributed by atoms with Gasteiger partial charge in [0.25, 0.3) is 5.91 Å². The number of benzene rings is 2. The average Bonchev–Trinajstić information content (AvgIpc) is 3.30. The highest BCUT2D eigenvalue weighted by Crippen LogP contribution is 2.22. The van der Waals surface area contributed by atoms with E-state index in [1.54, 1.807) is 0 Å². The molecule has 2 fully saturated rings. The van der Waals surface area contributed by atoms with Crippen LogP contribution in [0.2, 0.25) is 0 Å². The summed E-state index contributed by atoms with van der Waals surface area (Å²) in [4.78, 5) is 15.2. The molecular formula is C23H28N2O3. The van der Waals surface area contributed by atoms with E-state index in [9.17, 15) is 4.79 Å². The van der Waals surface area contributed by atoms with Gasteiger partial charge < -0.3 is 14.8 Å². The number of ether oxygens (including phenoxy) is 2. The second kappa shape index (κ2) is 9.32. The number of nitrogens with zero attached hydrogens (tertiary/aromatic N) is 1. The molecule has 2 aliphatic heterocycles. The first-order valence-corrected chi connectivity index (χ1v) is 10.1. The van der Waals surface area contributed by atoms with Crippen molar-refractivity contribution in [3.63, 3.8) is 0 Å². The van der Waals surface area contributed by atoms with Gasteiger partial charge in [-0.3, -0.25) is 9.69 Å². The Bertz CT molecular complexity index is 751. The predicted octanol–water partition coefficient (Wildman–Crippen LogP) is 2.82. The lowest BCUT2D eigenvalue weighted by Crippen LogP contribution is -2.52. The fraction of sp³-hybridized carbons (Fsp3) is 0.435. The van der Waals surface area contributed by atoms with Crippen LogP contribution in [0.1, 0.15) is 16.8 Å². The highest BCUT2D eigenvalue weighted by atomic mass is 16.5. The van der Waals surface area contributed by atoms with Gasteiger partial charge in [0, 0.05) is 43.8 Å². The van der Waals surface area contributed by atoms with Crippen molar-refractivity contribution in [3.05, 3.63) is 60.2 Å². The van der Waals surface area contributed by atoms with Gasteiger partial charge in [0.15, 0.2) is 0 Å². The highest BCUT2D eigenvalue weighted by molar-refractivity contribution is 5.94. The summed E-state index contributed by atoms with van der Waals surface area (Å²) >= 11 is 0. The summed E-state index contributed by atoms with van der Waals surface area (Å²) in [5, 5.41) is 3.16. The molecule has 2 aromatic carbocycles. The minimum absolute atomic E-state index is 0.0169. The third kappa shape index (κ3) is 4.61. The molecule has 1 amide bonds. The van der Waals surface area contributed by atoms with Gasteiger partial charge in [-0.15, -0.1) is 0 Å². The van der Waals surface area contributed by atoms with E-state index in [4.69, 9.17) is 9.47 Å². The molecule has 1 N–H and O–H groups in total. The van der Waals surface area contributed by atoms with Crippen molar-refractivity contribution in [1.29, 1.82) is 0 Å². The molecule has 0 radical (unpaired) electrons. The fourth-order valence-corrected chi connectivity index (χ4v) is 4.10. The average molecular weight is 380 g/mol. The van der Waals surface area contributed by atoms with Crippen molar-refractivity contribution in [2.75, 3.05) is 46.1 Å². The summed E-state index contributed by atoms with van der Waals surface area (Å²) in [7, 11) is 0. The van der Waals surface area contributed by atoms with Gasteiger partial charge >= 0.3 is 0 Å². The van der Waals surface area contributed by atoms with Crippen LogP contribution in [0.4, 0.5) is 0 Å². The molecule has 2 saturated heterocycles. The normalized spacial score (nSPS) is 21.4. The quantitative estimate of drug-likeness (QED) is 0.837. The summed E-state index contributed by atoms with van der Waals surface area (Å²) in [6.45, 7) is 5.61. The first-order valence-electron chi connectivity index (χ1n) is 10.1. The molecule has 0 bridgehead atoms. The van der Waals surface area contributed by atoms with Gasteiger partial charge in [0.1, 0.15) is 0 Å². The third-order valence-electron chi connectivity index (χ3n) is 5.75. The maximum absolute atomic E-state index is 12.7. The molecule has 0 spiro atoms. The lowest BCUT2D eigenvalue weighted by molar-refractivity contribution is 0.00166. The summed E-state index contributed by atoms with van der Waals surface area (Å²) < 4.78 is 11.1. The largest absolute Gasteiger partial charge is 0.381 e. The zero-order valence-corrected chi connectivity index (χ0v) is 16.2. The second-order valence-corrected chi connectivity index (χ2v) is 7.49. The molecule has 5 heteroatoms. The van der Waals surface area contributed by atoms with Gasteiger partial charge in [-0.05, 0) is 29.7 Å². The maximum Gasteiger partial charge on any atom is 0.251 e. The Morgan fingerprint density at radius 1 is 0.964 bits per heavy atom. The number of amides is 1. The Kier molecular flexibility index (Phi) is 6.37. The van der Waals surface area contributed by atoms with Gasteiger partial charge in [-0.25, -0.2) is 0 Å². The number of rotatable bonds is 6. The number of morpholine rings is 1. The topological polar surface area (TPSA) is 50.8 Å². The molecule has 28 heavy (non-hydrogen) atoms. The number of nitrogens with one attached hydrogen (secondary N) is 1. The van der Waals surface area contributed by atoms with E-state index in [2.05, 4.69) is 22.3 Å². The standard InChI is InChI=1S/C23H28N2O3/c26-23(20-8-6-19(7-9-20)18-4-2-1-3-5-18)24-16-22(21-10-13-28-17-21)25-11-14-27-15-12-25/h1-9,21-22H,10-17H2,(H,24,26). The first-order chi connectivity index (χ1) is 13.8. The molecule has 0 aromatic heterocycles. The highest BCUT2D eigenvalue weighted by Gasteiger charge is 2.31. The van der Waals surface area contributed by atoms with Crippen LogP contribution in [0, 0.1) is 5.92 Å². The van der Waals surface area contributed by atoms with E-state index in [1.807, 2.05) is 42.5 Å². The van der Waals surface area contributed by atoms with Crippen molar-refractivity contribution < 1.29 is 14.3 Å². The molecule has 148 valence electrons. The number of hydrogen-bond donors (Lipinski definition) is 1. The number of carbonyl (C=O) groups excluding carboxylic acids is 1. The van der Waals surface area contributed by atoms with Gasteiger partial charge in [0.2, 0.25) is 0 Å². The van der Waals surface area contributed by atoms with E-state index in [0.717, 1.165) is 57.1 Å². The first kappa shape index (κ1) is 19.1. The SMILES string of the molecule is O=C(NCC(C1CCOC1)N1CCOCC1)c1ccc(-c2ccccc2)cc1. The Balaban J connectivity index is 1.38. The van der Waals surface area contributed by atoms with E-state index < -0.39 is 0 Å². The maximum atomic E-state index is 12.7. The van der Waals surface area contributed by atoms with Gasteiger partial charge in [-0.2, -0.15) is 0 Å². The van der Waals surface area contributed by atoms with Crippen molar-refractivity contribution in [2.45, 2.75) is 12.5 Å². The Hall–Kier alpha value is -2.21. The summed E-state index contributed by atoms with van der Waals surface area (Å²) in [6, 6.07) is 18.3. The Morgan fingerprint density at radius 3 is 2.36 bits per heavy atom. The van der Waals surface area contributed by atoms with E-state index >= 15 is 0 Å². The Morgan fingerprint density at radius 2 is 1.68 bits per heavy atom. The van der Waals surface area contributed by atoms with E-state index in [-0.39, 0.29) is 5.91 Å². The zero-order valence-electron chi connectivity index (χ0n) is 16.2. The van der Waals surface area contributed by atoms with E-state index in [0.29, 0.717) is 24.1 Å². The second-order valence-electron chi connectivity index (χ2n) is 7.49. The van der Waals surface area contributed by atoms with Crippen LogP contribution in [0.15, 0.2) is 54.6 Å². The van der Waals surface area contributed by atoms with Crippen molar-refractivity contribution >= 4 is 5.91 Å². The third-order valence-corrected chi connectivity index (χ3v) is 5.75. The minimum Gasteiger partial charge on any atom is -0.381 e. The molecule has 4 rings (SSSR count). The lowest BCUT2D eigenvalue weighted by Gasteiger charge is -2.37. The zero-order chi connectivity index (χ0) is 19.2. The molecule has 2 aromatic rings. The number of carbonyl (C=O) groups is 1. The fourth-order valence-electron chi connectivity index (χ4n) is 4.10. The van der Waals surface area contributed by atoms with E-state index in [1.165, 1.54) is 0 Å². The van der Waals surface area contributed by atoms with Gasteiger partial charge in [-0.1, -0.05) is 42.5 Å². The van der Waals surface area contributed by atoms with Crippen molar-refractivity contribution in [1.82, 2.24) is 10.2 Å². The minimum atomic E-state index is -0.0169. The van der Waals surface area contributed by atoms with Crippen LogP contribution < -0.4 is 5.32 Å². The monoisotopic (exact) mass is 380 g/mol. The molecule has 2 heterocycles. The summed E-state index contributed by atoms with van der Waals surface area (Å²) in [6.07, 6.45) is 1.06. The van der Waals surface area contributed by atoms with Crippen LogP contribution >= 0.6 is 0 Å². The van der Waals surface area contributed by atoms with Crippen LogP contribution in [0.3, 0.4) is 0 Å². The molecule has 0 aliphatic carbocycles. The smallest absolute Gasteiger partial charge is 0.251 e. The van der Waals surface area contributed by atoms with Crippen LogP contribution in [0.25, 0.3) is 11.1 Å². The van der Waals surface area contributed by atoms with Crippen molar-refractivity contribution in [2.24, 2.45) is 5.92 Å². The summed E-state index contributed by atoms with van der Waals surface area (Å²) in [5.74, 6) is 0.454. The molecular weight excluding hydrogens is 352 g/mol. The number of hydrogen-bond acceptors (Lipinski definition) is 4. The van der Waals surface area contributed by atoms with Crippen molar-refractivity contribution in [3.8, 4) is 11.1 Å².